The second kappa shape index (κ2) is 8.02. The zero-order valence-electron chi connectivity index (χ0n) is 18.3. The van der Waals surface area contributed by atoms with Gasteiger partial charge in [0.05, 0.1) is 6.54 Å². The Balaban J connectivity index is 1.37. The predicted octanol–water partition coefficient (Wildman–Crippen LogP) is 3.05. The summed E-state index contributed by atoms with van der Waals surface area (Å²) in [7, 11) is 0. The van der Waals surface area contributed by atoms with E-state index in [4.69, 9.17) is 4.42 Å². The minimum atomic E-state index is -0.439. The Labute approximate surface area is 194 Å². The van der Waals surface area contributed by atoms with Gasteiger partial charge >= 0.3 is 5.76 Å². The summed E-state index contributed by atoms with van der Waals surface area (Å²) in [6.07, 6.45) is 7.90. The Morgan fingerprint density at radius 1 is 1.21 bits per heavy atom. The first-order chi connectivity index (χ1) is 16.1. The van der Waals surface area contributed by atoms with Crippen LogP contribution in [-0.4, -0.2) is 51.0 Å². The highest BCUT2D eigenvalue weighted by atomic mass is 32.2. The summed E-state index contributed by atoms with van der Waals surface area (Å²) in [5, 5.41) is 5.06. The van der Waals surface area contributed by atoms with E-state index in [9.17, 15) is 9.59 Å². The molecule has 2 aliphatic heterocycles. The number of aromatic nitrogens is 4. The average Bonchev–Trinajstić information content (AvgIpc) is 3.44. The summed E-state index contributed by atoms with van der Waals surface area (Å²) in [6.45, 7) is 2.04. The number of anilines is 2. The van der Waals surface area contributed by atoms with Gasteiger partial charge in [0.2, 0.25) is 5.89 Å². The molecule has 0 spiro atoms. The highest BCUT2D eigenvalue weighted by molar-refractivity contribution is 7.98. The maximum Gasteiger partial charge on any atom is 0.437 e. The van der Waals surface area contributed by atoms with Crippen molar-refractivity contribution < 1.29 is 9.21 Å². The number of fused-ring (bicyclic) bond motifs is 3. The molecular weight excluding hydrogens is 440 g/mol. The Morgan fingerprint density at radius 3 is 2.91 bits per heavy atom. The van der Waals surface area contributed by atoms with Gasteiger partial charge in [0.1, 0.15) is 11.4 Å². The molecular formula is C23H24N6O3S. The molecule has 170 valence electrons. The summed E-state index contributed by atoms with van der Waals surface area (Å²) < 4.78 is 6.84. The number of carbonyl (C=O) groups excluding carboxylic acids is 1. The number of carbonyl (C=O) groups is 1. The van der Waals surface area contributed by atoms with Gasteiger partial charge in [-0.3, -0.25) is 4.79 Å². The highest BCUT2D eigenvalue weighted by Crippen LogP contribution is 2.35. The van der Waals surface area contributed by atoms with Crippen molar-refractivity contribution in [3.63, 3.8) is 0 Å². The molecule has 9 nitrogen and oxygen atoms in total. The fourth-order valence-corrected chi connectivity index (χ4v) is 5.02. The van der Waals surface area contributed by atoms with Crippen molar-refractivity contribution in [1.82, 2.24) is 19.7 Å². The van der Waals surface area contributed by atoms with Crippen LogP contribution < -0.4 is 15.6 Å². The Morgan fingerprint density at radius 2 is 2.09 bits per heavy atom. The molecule has 1 atom stereocenters. The molecule has 33 heavy (non-hydrogen) atoms. The van der Waals surface area contributed by atoms with Crippen LogP contribution in [0, 0.1) is 5.92 Å². The maximum absolute atomic E-state index is 13.6. The molecule has 3 aliphatic rings. The monoisotopic (exact) mass is 464 g/mol. The smallest absolute Gasteiger partial charge is 0.388 e. The summed E-state index contributed by atoms with van der Waals surface area (Å²) in [5.41, 5.74) is 1.93. The fourth-order valence-electron chi connectivity index (χ4n) is 4.68. The van der Waals surface area contributed by atoms with Crippen LogP contribution >= 0.6 is 11.8 Å². The third-order valence-corrected chi connectivity index (χ3v) is 7.15. The van der Waals surface area contributed by atoms with E-state index in [0.29, 0.717) is 35.3 Å². The van der Waals surface area contributed by atoms with Gasteiger partial charge in [0.15, 0.2) is 5.16 Å². The number of thioether (sulfide) groups is 1. The van der Waals surface area contributed by atoms with Gasteiger partial charge < -0.3 is 14.2 Å². The van der Waals surface area contributed by atoms with Crippen LogP contribution in [0.5, 0.6) is 0 Å². The van der Waals surface area contributed by atoms with Crippen molar-refractivity contribution in [2.45, 2.75) is 43.4 Å². The molecule has 1 aliphatic carbocycles. The summed E-state index contributed by atoms with van der Waals surface area (Å²) >= 11 is 1.47. The van der Waals surface area contributed by atoms with Crippen molar-refractivity contribution >= 4 is 29.2 Å². The molecule has 1 saturated carbocycles. The van der Waals surface area contributed by atoms with E-state index >= 15 is 0 Å². The molecule has 1 amide bonds. The van der Waals surface area contributed by atoms with E-state index in [1.54, 1.807) is 11.1 Å². The van der Waals surface area contributed by atoms with Crippen LogP contribution in [0.2, 0.25) is 0 Å². The van der Waals surface area contributed by atoms with Gasteiger partial charge in [-0.05, 0) is 56.1 Å². The lowest BCUT2D eigenvalue weighted by Gasteiger charge is -2.27. The van der Waals surface area contributed by atoms with Crippen molar-refractivity contribution in [3.8, 4) is 11.5 Å². The van der Waals surface area contributed by atoms with Gasteiger partial charge in [-0.15, -0.1) is 5.10 Å². The third kappa shape index (κ3) is 3.72. The van der Waals surface area contributed by atoms with E-state index in [0.717, 1.165) is 43.7 Å². The van der Waals surface area contributed by atoms with Crippen LogP contribution in [0.25, 0.3) is 11.5 Å². The molecule has 6 rings (SSSR count). The Bertz CT molecular complexity index is 1280. The van der Waals surface area contributed by atoms with Crippen molar-refractivity contribution in [3.05, 3.63) is 46.6 Å². The first kappa shape index (κ1) is 20.5. The van der Waals surface area contributed by atoms with Crippen LogP contribution in [0.1, 0.15) is 36.0 Å². The molecule has 3 aromatic rings. The quantitative estimate of drug-likeness (QED) is 0.420. The Kier molecular flexibility index (Phi) is 4.97. The number of rotatable bonds is 5. The van der Waals surface area contributed by atoms with Crippen LogP contribution in [-0.2, 0) is 6.54 Å². The lowest BCUT2D eigenvalue weighted by Crippen LogP contribution is -2.39. The molecule has 0 radical (unpaired) electrons. The fraction of sp³-hybridized carbons (Fsp3) is 0.435. The molecule has 0 bridgehead atoms. The molecule has 4 heterocycles. The topological polar surface area (TPSA) is 97.4 Å². The lowest BCUT2D eigenvalue weighted by atomic mass is 10.1. The van der Waals surface area contributed by atoms with E-state index in [2.05, 4.69) is 20.0 Å². The van der Waals surface area contributed by atoms with Crippen LogP contribution in [0.3, 0.4) is 0 Å². The molecule has 0 unspecified atom stereocenters. The average molecular weight is 465 g/mol. The van der Waals surface area contributed by atoms with E-state index in [-0.39, 0.29) is 17.8 Å². The zero-order valence-corrected chi connectivity index (χ0v) is 19.1. The van der Waals surface area contributed by atoms with Crippen molar-refractivity contribution in [2.75, 3.05) is 29.1 Å². The second-order valence-electron chi connectivity index (χ2n) is 8.85. The van der Waals surface area contributed by atoms with Gasteiger partial charge in [-0.2, -0.15) is 4.68 Å². The van der Waals surface area contributed by atoms with Crippen molar-refractivity contribution in [2.24, 2.45) is 5.92 Å². The zero-order chi connectivity index (χ0) is 22.5. The summed E-state index contributed by atoms with van der Waals surface area (Å²) in [6, 6.07) is 7.68. The number of nitrogens with zero attached hydrogens (tertiary/aromatic N) is 6. The molecule has 10 heteroatoms. The van der Waals surface area contributed by atoms with Gasteiger partial charge in [-0.1, -0.05) is 17.8 Å². The predicted molar refractivity (Wildman–Crippen MR) is 125 cm³/mol. The molecule has 1 aromatic carbocycles. The summed E-state index contributed by atoms with van der Waals surface area (Å²) in [4.78, 5) is 38.9. The standard InChI is InChI=1S/C23H24N6O3S/c1-33-22-24-11-18-19(25-22)27-9-3-6-17(27)13-28(21(18)30)16-5-2-4-15(10-16)20-26-29(23(31)32-20)12-14-7-8-14/h2,4-5,10-11,14,17H,3,6-9,12-13H2,1H3/t17-/m0/s1. The van der Waals surface area contributed by atoms with Crippen molar-refractivity contribution in [1.29, 1.82) is 0 Å². The maximum atomic E-state index is 13.6. The number of hydrogen-bond acceptors (Lipinski definition) is 8. The largest absolute Gasteiger partial charge is 0.437 e. The lowest BCUT2D eigenvalue weighted by molar-refractivity contribution is 0.0988. The summed E-state index contributed by atoms with van der Waals surface area (Å²) in [5.74, 6) is 0.964. The molecule has 0 N–H and O–H groups in total. The molecule has 1 saturated heterocycles. The molecule has 2 fully saturated rings. The number of hydrogen-bond donors (Lipinski definition) is 0. The number of amides is 1. The Hall–Kier alpha value is -3.14. The first-order valence-corrected chi connectivity index (χ1v) is 12.5. The number of benzene rings is 1. The van der Waals surface area contributed by atoms with Crippen LogP contribution in [0.4, 0.5) is 11.5 Å². The SMILES string of the molecule is CSc1ncc2c(n1)N1CCC[C@H]1CN(c1cccc(-c3nn(CC4CC4)c(=O)o3)c1)C2=O. The molecule has 2 aromatic heterocycles. The normalized spacial score (nSPS) is 20.0. The highest BCUT2D eigenvalue weighted by Gasteiger charge is 2.37. The van der Waals surface area contributed by atoms with Crippen LogP contribution in [0.15, 0.2) is 44.8 Å². The third-order valence-electron chi connectivity index (χ3n) is 6.59. The van der Waals surface area contributed by atoms with Gasteiger partial charge in [-0.25, -0.2) is 14.8 Å². The van der Waals surface area contributed by atoms with E-state index < -0.39 is 5.76 Å². The van der Waals surface area contributed by atoms with Gasteiger partial charge in [0.25, 0.3) is 5.91 Å². The minimum Gasteiger partial charge on any atom is -0.388 e. The van der Waals surface area contributed by atoms with Gasteiger partial charge in [0, 0.05) is 36.6 Å². The van der Waals surface area contributed by atoms with E-state index in [1.165, 1.54) is 16.4 Å². The second-order valence-corrected chi connectivity index (χ2v) is 9.62. The minimum absolute atomic E-state index is 0.120. The first-order valence-electron chi connectivity index (χ1n) is 11.3. The van der Waals surface area contributed by atoms with E-state index in [1.807, 2.05) is 30.5 Å².